The van der Waals surface area contributed by atoms with Crippen LogP contribution in [0.3, 0.4) is 0 Å². The zero-order valence-electron chi connectivity index (χ0n) is 9.71. The van der Waals surface area contributed by atoms with Gasteiger partial charge in [-0.15, -0.1) is 0 Å². The van der Waals surface area contributed by atoms with Crippen molar-refractivity contribution < 1.29 is 8.78 Å². The van der Waals surface area contributed by atoms with Crippen molar-refractivity contribution in [3.05, 3.63) is 0 Å². The second-order valence-corrected chi connectivity index (χ2v) is 5.71. The van der Waals surface area contributed by atoms with Gasteiger partial charge in [-0.1, -0.05) is 0 Å². The summed E-state index contributed by atoms with van der Waals surface area (Å²) in [5.74, 6) is 0. The van der Waals surface area contributed by atoms with Gasteiger partial charge in [0.1, 0.15) is 0 Å². The summed E-state index contributed by atoms with van der Waals surface area (Å²) < 4.78 is 24.6. The van der Waals surface area contributed by atoms with Gasteiger partial charge in [0.2, 0.25) is 0 Å². The average Bonchev–Trinajstić information content (AvgIpc) is 2.58. The van der Waals surface area contributed by atoms with Gasteiger partial charge in [0.25, 0.3) is 6.43 Å². The summed E-state index contributed by atoms with van der Waals surface area (Å²) >= 11 is 0. The standard InChI is InChI=1S/C11H20F2N2/c1-11(2,3)15-6-8-4-9(15)5-14(8)7-10(12)13/h8-10H,4-7H2,1-3H3/t8-,9-/m0/s1. The van der Waals surface area contributed by atoms with Gasteiger partial charge in [0.15, 0.2) is 0 Å². The minimum atomic E-state index is -2.19. The molecular weight excluding hydrogens is 198 g/mol. The van der Waals surface area contributed by atoms with E-state index in [2.05, 4.69) is 25.7 Å². The SMILES string of the molecule is CC(C)(C)N1C[C@@H]2C[C@H]1CN2CC(F)F. The molecule has 15 heavy (non-hydrogen) atoms. The van der Waals surface area contributed by atoms with E-state index in [9.17, 15) is 8.78 Å². The van der Waals surface area contributed by atoms with Crippen molar-refractivity contribution in [3.63, 3.8) is 0 Å². The lowest BCUT2D eigenvalue weighted by atomic mass is 10.0. The number of hydrogen-bond donors (Lipinski definition) is 0. The molecule has 2 nitrogen and oxygen atoms in total. The first-order valence-corrected chi connectivity index (χ1v) is 5.67. The minimum Gasteiger partial charge on any atom is -0.293 e. The number of fused-ring (bicyclic) bond motifs is 2. The van der Waals surface area contributed by atoms with E-state index < -0.39 is 6.43 Å². The molecule has 2 fully saturated rings. The van der Waals surface area contributed by atoms with Crippen LogP contribution in [-0.2, 0) is 0 Å². The number of piperazine rings is 1. The third-order valence-electron chi connectivity index (χ3n) is 3.59. The highest BCUT2D eigenvalue weighted by Gasteiger charge is 2.46. The molecule has 0 N–H and O–H groups in total. The molecule has 2 atom stereocenters. The van der Waals surface area contributed by atoms with E-state index in [0.717, 1.165) is 19.5 Å². The maximum absolute atomic E-state index is 12.3. The molecule has 0 aromatic rings. The lowest BCUT2D eigenvalue weighted by molar-refractivity contribution is 0.0247. The quantitative estimate of drug-likeness (QED) is 0.697. The molecule has 0 amide bonds. The summed E-state index contributed by atoms with van der Waals surface area (Å²) in [5.41, 5.74) is 0.177. The lowest BCUT2D eigenvalue weighted by Crippen LogP contribution is -2.54. The molecule has 0 unspecified atom stereocenters. The summed E-state index contributed by atoms with van der Waals surface area (Å²) in [6.45, 7) is 8.34. The Morgan fingerprint density at radius 2 is 1.87 bits per heavy atom. The number of likely N-dealkylation sites (tertiary alicyclic amines) is 2. The second kappa shape index (κ2) is 3.67. The molecule has 2 heterocycles. The summed E-state index contributed by atoms with van der Waals surface area (Å²) in [6, 6.07) is 0.858. The Bertz CT molecular complexity index is 237. The maximum atomic E-state index is 12.3. The molecule has 0 spiro atoms. The zero-order valence-corrected chi connectivity index (χ0v) is 9.71. The molecule has 0 saturated carbocycles. The van der Waals surface area contributed by atoms with E-state index in [1.807, 2.05) is 4.90 Å². The third kappa shape index (κ3) is 2.16. The smallest absolute Gasteiger partial charge is 0.251 e. The highest BCUT2D eigenvalue weighted by atomic mass is 19.3. The van der Waals surface area contributed by atoms with Gasteiger partial charge in [-0.05, 0) is 27.2 Å². The van der Waals surface area contributed by atoms with Crippen molar-refractivity contribution in [1.82, 2.24) is 9.80 Å². The van der Waals surface area contributed by atoms with Crippen molar-refractivity contribution in [2.45, 2.75) is 51.2 Å². The number of alkyl halides is 2. The fourth-order valence-electron chi connectivity index (χ4n) is 2.97. The van der Waals surface area contributed by atoms with E-state index in [-0.39, 0.29) is 12.1 Å². The second-order valence-electron chi connectivity index (χ2n) is 5.71. The Morgan fingerprint density at radius 1 is 1.20 bits per heavy atom. The molecular formula is C11H20F2N2. The van der Waals surface area contributed by atoms with Gasteiger partial charge in [0, 0.05) is 30.7 Å². The van der Waals surface area contributed by atoms with E-state index >= 15 is 0 Å². The van der Waals surface area contributed by atoms with E-state index in [4.69, 9.17) is 0 Å². The molecule has 2 bridgehead atoms. The summed E-state index contributed by atoms with van der Waals surface area (Å²) in [5, 5.41) is 0. The molecule has 88 valence electrons. The van der Waals surface area contributed by atoms with Crippen molar-refractivity contribution in [3.8, 4) is 0 Å². The molecule has 2 rings (SSSR count). The Balaban J connectivity index is 1.95. The molecule has 4 heteroatoms. The Hall–Kier alpha value is -0.220. The number of nitrogens with zero attached hydrogens (tertiary/aromatic N) is 2. The summed E-state index contributed by atoms with van der Waals surface area (Å²) in [4.78, 5) is 4.41. The average molecular weight is 218 g/mol. The monoisotopic (exact) mass is 218 g/mol. The predicted molar refractivity (Wildman–Crippen MR) is 56.2 cm³/mol. The summed E-state index contributed by atoms with van der Waals surface area (Å²) in [6.07, 6.45) is -1.11. The van der Waals surface area contributed by atoms with Crippen LogP contribution >= 0.6 is 0 Å². The van der Waals surface area contributed by atoms with E-state index in [0.29, 0.717) is 12.1 Å². The lowest BCUT2D eigenvalue weighted by Gasteiger charge is -2.41. The van der Waals surface area contributed by atoms with Gasteiger partial charge < -0.3 is 0 Å². The molecule has 0 aliphatic carbocycles. The maximum Gasteiger partial charge on any atom is 0.251 e. The first kappa shape index (κ1) is 11.3. The molecule has 2 aliphatic heterocycles. The van der Waals surface area contributed by atoms with Crippen LogP contribution in [0.4, 0.5) is 8.78 Å². The van der Waals surface area contributed by atoms with Gasteiger partial charge in [-0.25, -0.2) is 8.78 Å². The Labute approximate surface area is 90.2 Å². The van der Waals surface area contributed by atoms with Gasteiger partial charge >= 0.3 is 0 Å². The van der Waals surface area contributed by atoms with Crippen LogP contribution in [0.25, 0.3) is 0 Å². The first-order chi connectivity index (χ1) is 6.88. The number of halogens is 2. The third-order valence-corrected chi connectivity index (χ3v) is 3.59. The van der Waals surface area contributed by atoms with Crippen molar-refractivity contribution in [2.75, 3.05) is 19.6 Å². The molecule has 0 aromatic heterocycles. The van der Waals surface area contributed by atoms with Crippen molar-refractivity contribution in [2.24, 2.45) is 0 Å². The largest absolute Gasteiger partial charge is 0.293 e. The van der Waals surface area contributed by atoms with Gasteiger partial charge in [-0.2, -0.15) is 0 Å². The Morgan fingerprint density at radius 3 is 2.27 bits per heavy atom. The first-order valence-electron chi connectivity index (χ1n) is 5.67. The highest BCUT2D eigenvalue weighted by Crippen LogP contribution is 2.35. The molecule has 0 radical (unpaired) electrons. The van der Waals surface area contributed by atoms with Crippen LogP contribution in [0.1, 0.15) is 27.2 Å². The van der Waals surface area contributed by atoms with Crippen molar-refractivity contribution in [1.29, 1.82) is 0 Å². The molecule has 0 aromatic carbocycles. The van der Waals surface area contributed by atoms with Crippen LogP contribution < -0.4 is 0 Å². The van der Waals surface area contributed by atoms with E-state index in [1.54, 1.807) is 0 Å². The molecule has 2 saturated heterocycles. The fraction of sp³-hybridized carbons (Fsp3) is 1.00. The topological polar surface area (TPSA) is 6.48 Å². The number of hydrogen-bond acceptors (Lipinski definition) is 2. The van der Waals surface area contributed by atoms with Gasteiger partial charge in [0.05, 0.1) is 6.54 Å². The molecule has 2 aliphatic rings. The van der Waals surface area contributed by atoms with Crippen LogP contribution in [0.5, 0.6) is 0 Å². The zero-order chi connectivity index (χ0) is 11.2. The fourth-order valence-corrected chi connectivity index (χ4v) is 2.97. The minimum absolute atomic E-state index is 0.0425. The van der Waals surface area contributed by atoms with E-state index in [1.165, 1.54) is 0 Å². The summed E-state index contributed by atoms with van der Waals surface area (Å²) in [7, 11) is 0. The van der Waals surface area contributed by atoms with Crippen LogP contribution in [0.2, 0.25) is 0 Å². The number of rotatable bonds is 2. The van der Waals surface area contributed by atoms with Crippen LogP contribution in [0.15, 0.2) is 0 Å². The van der Waals surface area contributed by atoms with Crippen LogP contribution in [0, 0.1) is 0 Å². The van der Waals surface area contributed by atoms with Gasteiger partial charge in [-0.3, -0.25) is 9.80 Å². The van der Waals surface area contributed by atoms with Crippen LogP contribution in [-0.4, -0.2) is 53.5 Å². The Kier molecular flexibility index (Phi) is 2.75. The predicted octanol–water partition coefficient (Wildman–Crippen LogP) is 1.81. The van der Waals surface area contributed by atoms with Crippen molar-refractivity contribution >= 4 is 0 Å². The highest BCUT2D eigenvalue weighted by molar-refractivity contribution is 5.03. The normalized spacial score (nSPS) is 33.2.